The van der Waals surface area contributed by atoms with Crippen LogP contribution in [0.2, 0.25) is 0 Å². The molecule has 0 bridgehead atoms. The molecule has 1 heterocycles. The minimum absolute atomic E-state index is 0.0305. The molecule has 1 aliphatic rings. The van der Waals surface area contributed by atoms with Crippen molar-refractivity contribution in [3.63, 3.8) is 0 Å². The van der Waals surface area contributed by atoms with Gasteiger partial charge in [-0.15, -0.1) is 0 Å². The number of benzene rings is 1. The molecule has 0 radical (unpaired) electrons. The Balaban J connectivity index is 2.16. The minimum atomic E-state index is -0.352. The molecular formula is C15H18Br2O3. The van der Waals surface area contributed by atoms with Gasteiger partial charge in [0, 0.05) is 11.0 Å². The molecule has 0 aromatic heterocycles. The van der Waals surface area contributed by atoms with E-state index in [1.807, 2.05) is 30.3 Å². The molecule has 0 saturated carbocycles. The van der Waals surface area contributed by atoms with Crippen LogP contribution in [0.5, 0.6) is 5.75 Å². The first-order valence-corrected chi connectivity index (χ1v) is 7.95. The summed E-state index contributed by atoms with van der Waals surface area (Å²) in [6.07, 6.45) is 1.63. The third-order valence-corrected chi connectivity index (χ3v) is 3.84. The van der Waals surface area contributed by atoms with Gasteiger partial charge in [-0.3, -0.25) is 0 Å². The van der Waals surface area contributed by atoms with Gasteiger partial charge in [0.1, 0.15) is 5.75 Å². The van der Waals surface area contributed by atoms with E-state index in [-0.39, 0.29) is 17.8 Å². The van der Waals surface area contributed by atoms with E-state index in [9.17, 15) is 0 Å². The van der Waals surface area contributed by atoms with E-state index in [2.05, 4.69) is 45.7 Å². The summed E-state index contributed by atoms with van der Waals surface area (Å²) in [6.45, 7) is 4.89. The van der Waals surface area contributed by atoms with Crippen LogP contribution in [0.25, 0.3) is 0 Å². The van der Waals surface area contributed by atoms with Crippen molar-refractivity contribution in [2.75, 3.05) is 13.7 Å². The van der Waals surface area contributed by atoms with Crippen LogP contribution in [0.3, 0.4) is 0 Å². The summed E-state index contributed by atoms with van der Waals surface area (Å²) < 4.78 is 18.0. The van der Waals surface area contributed by atoms with Crippen molar-refractivity contribution in [1.29, 1.82) is 0 Å². The smallest absolute Gasteiger partial charge is 0.184 e. The monoisotopic (exact) mass is 404 g/mol. The molecule has 0 N–H and O–H groups in total. The number of ether oxygens (including phenoxy) is 3. The van der Waals surface area contributed by atoms with Crippen molar-refractivity contribution in [3.05, 3.63) is 39.3 Å². The Labute approximate surface area is 136 Å². The maximum absolute atomic E-state index is 6.07. The molecule has 1 saturated heterocycles. The van der Waals surface area contributed by atoms with Crippen molar-refractivity contribution in [1.82, 2.24) is 0 Å². The molecule has 2 atom stereocenters. The maximum Gasteiger partial charge on any atom is 0.184 e. The largest absolute Gasteiger partial charge is 0.497 e. The highest BCUT2D eigenvalue weighted by Gasteiger charge is 2.37. The lowest BCUT2D eigenvalue weighted by Crippen LogP contribution is -2.41. The summed E-state index contributed by atoms with van der Waals surface area (Å²) in [7, 11) is 1.65. The molecular weight excluding hydrogens is 388 g/mol. The molecule has 2 rings (SSSR count). The van der Waals surface area contributed by atoms with Gasteiger partial charge in [0.25, 0.3) is 0 Å². The van der Waals surface area contributed by atoms with Gasteiger partial charge in [-0.2, -0.15) is 0 Å². The second-order valence-electron chi connectivity index (χ2n) is 5.42. The second kappa shape index (κ2) is 6.60. The highest BCUT2D eigenvalue weighted by molar-refractivity contribution is 9.28. The number of halogens is 2. The molecule has 1 fully saturated rings. The fraction of sp³-hybridized carbons (Fsp3) is 0.467. The molecule has 1 aliphatic heterocycles. The molecule has 2 unspecified atom stereocenters. The van der Waals surface area contributed by atoms with Crippen LogP contribution in [0.1, 0.15) is 25.7 Å². The molecule has 3 nitrogen and oxygen atoms in total. The van der Waals surface area contributed by atoms with E-state index in [4.69, 9.17) is 14.2 Å². The van der Waals surface area contributed by atoms with Crippen molar-refractivity contribution in [2.45, 2.75) is 26.2 Å². The van der Waals surface area contributed by atoms with Gasteiger partial charge in [-0.1, -0.05) is 26.0 Å². The van der Waals surface area contributed by atoms with Crippen LogP contribution in [0.15, 0.2) is 33.7 Å². The van der Waals surface area contributed by atoms with E-state index in [1.165, 1.54) is 0 Å². The Morgan fingerprint density at radius 1 is 1.30 bits per heavy atom. The number of rotatable bonds is 3. The van der Waals surface area contributed by atoms with Crippen LogP contribution >= 0.6 is 31.9 Å². The first-order chi connectivity index (χ1) is 9.42. The van der Waals surface area contributed by atoms with Crippen molar-refractivity contribution in [3.8, 4) is 5.75 Å². The molecule has 110 valence electrons. The van der Waals surface area contributed by atoms with Gasteiger partial charge in [-0.05, 0) is 50.1 Å². The zero-order valence-corrected chi connectivity index (χ0v) is 14.9. The van der Waals surface area contributed by atoms with Crippen LogP contribution in [-0.4, -0.2) is 19.8 Å². The highest BCUT2D eigenvalue weighted by Crippen LogP contribution is 2.38. The topological polar surface area (TPSA) is 27.7 Å². The summed E-state index contributed by atoms with van der Waals surface area (Å²) in [5.74, 6) is 0.824. The summed E-state index contributed by atoms with van der Waals surface area (Å²) >= 11 is 6.79. The summed E-state index contributed by atoms with van der Waals surface area (Å²) in [5, 5.41) is 0. The van der Waals surface area contributed by atoms with Crippen LogP contribution in [-0.2, 0) is 9.47 Å². The zero-order chi connectivity index (χ0) is 14.8. The summed E-state index contributed by atoms with van der Waals surface area (Å²) in [4.78, 5) is 0. The Hall–Kier alpha value is -0.360. The SMILES string of the molecule is COc1ccc(C2OCC(C)(C)C(C=C(Br)Br)O2)cc1. The van der Waals surface area contributed by atoms with Crippen LogP contribution in [0, 0.1) is 5.41 Å². The molecule has 20 heavy (non-hydrogen) atoms. The lowest BCUT2D eigenvalue weighted by Gasteiger charge is -2.40. The average Bonchev–Trinajstić information content (AvgIpc) is 2.41. The Kier molecular flexibility index (Phi) is 5.29. The van der Waals surface area contributed by atoms with Crippen molar-refractivity contribution < 1.29 is 14.2 Å². The zero-order valence-electron chi connectivity index (χ0n) is 11.7. The first kappa shape index (κ1) is 16.0. The van der Waals surface area contributed by atoms with Gasteiger partial charge in [0.15, 0.2) is 6.29 Å². The van der Waals surface area contributed by atoms with Gasteiger partial charge < -0.3 is 14.2 Å². The molecule has 5 heteroatoms. The fourth-order valence-corrected chi connectivity index (χ4v) is 2.52. The Bertz CT molecular complexity index is 478. The molecule has 1 aromatic rings. The van der Waals surface area contributed by atoms with Crippen LogP contribution < -0.4 is 4.74 Å². The predicted octanol–water partition coefficient (Wildman–Crippen LogP) is 4.77. The third-order valence-electron chi connectivity index (χ3n) is 3.31. The molecule has 0 spiro atoms. The van der Waals surface area contributed by atoms with Crippen molar-refractivity contribution in [2.24, 2.45) is 5.41 Å². The van der Waals surface area contributed by atoms with Gasteiger partial charge >= 0.3 is 0 Å². The van der Waals surface area contributed by atoms with E-state index in [1.54, 1.807) is 7.11 Å². The van der Waals surface area contributed by atoms with Gasteiger partial charge in [0.2, 0.25) is 0 Å². The average molecular weight is 406 g/mol. The first-order valence-electron chi connectivity index (χ1n) is 6.36. The third kappa shape index (κ3) is 3.85. The van der Waals surface area contributed by atoms with E-state index < -0.39 is 0 Å². The second-order valence-corrected chi connectivity index (χ2v) is 8.19. The number of methoxy groups -OCH3 is 1. The van der Waals surface area contributed by atoms with E-state index >= 15 is 0 Å². The molecule has 0 amide bonds. The quantitative estimate of drug-likeness (QED) is 0.724. The van der Waals surface area contributed by atoms with Crippen molar-refractivity contribution >= 4 is 31.9 Å². The predicted molar refractivity (Wildman–Crippen MR) is 86.3 cm³/mol. The lowest BCUT2D eigenvalue weighted by atomic mass is 9.86. The molecule has 0 aliphatic carbocycles. The lowest BCUT2D eigenvalue weighted by molar-refractivity contribution is -0.251. The standard InChI is InChI=1S/C15H18Br2O3/c1-15(2)9-19-14(20-12(15)8-13(16)17)10-4-6-11(18-3)7-5-10/h4-8,12,14H,9H2,1-3H3. The Morgan fingerprint density at radius 3 is 2.50 bits per heavy atom. The maximum atomic E-state index is 6.07. The van der Waals surface area contributed by atoms with Crippen LogP contribution in [0.4, 0.5) is 0 Å². The Morgan fingerprint density at radius 2 is 1.95 bits per heavy atom. The molecule has 1 aromatic carbocycles. The number of hydrogen-bond donors (Lipinski definition) is 0. The summed E-state index contributed by atoms with van der Waals surface area (Å²) in [5.41, 5.74) is 0.917. The van der Waals surface area contributed by atoms with Gasteiger partial charge in [0.05, 0.1) is 23.2 Å². The highest BCUT2D eigenvalue weighted by atomic mass is 79.9. The van der Waals surface area contributed by atoms with E-state index in [0.717, 1.165) is 14.7 Å². The summed E-state index contributed by atoms with van der Waals surface area (Å²) in [6, 6.07) is 7.75. The van der Waals surface area contributed by atoms with Gasteiger partial charge in [-0.25, -0.2) is 0 Å². The minimum Gasteiger partial charge on any atom is -0.497 e. The normalized spacial score (nSPS) is 25.1. The number of hydrogen-bond acceptors (Lipinski definition) is 3. The van der Waals surface area contributed by atoms with E-state index in [0.29, 0.717) is 6.61 Å². The fourth-order valence-electron chi connectivity index (χ4n) is 2.04.